The van der Waals surface area contributed by atoms with E-state index in [-0.39, 0.29) is 6.10 Å². The van der Waals surface area contributed by atoms with E-state index in [0.29, 0.717) is 0 Å². The monoisotopic (exact) mass is 268 g/mol. The number of hydrogen-bond donors (Lipinski definition) is 1. The van der Waals surface area contributed by atoms with Crippen molar-refractivity contribution in [2.45, 2.75) is 58.6 Å². The summed E-state index contributed by atoms with van der Waals surface area (Å²) in [6.07, 6.45) is 6.10. The molecule has 2 heterocycles. The van der Waals surface area contributed by atoms with Crippen molar-refractivity contribution >= 4 is 11.3 Å². The van der Waals surface area contributed by atoms with Crippen LogP contribution in [0.2, 0.25) is 0 Å². The highest BCUT2D eigenvalue weighted by Crippen LogP contribution is 2.33. The lowest BCUT2D eigenvalue weighted by atomic mass is 10.2. The molecule has 0 aliphatic carbocycles. The predicted molar refractivity (Wildman–Crippen MR) is 76.0 cm³/mol. The molecule has 102 valence electrons. The molecule has 1 fully saturated rings. The van der Waals surface area contributed by atoms with E-state index in [0.717, 1.165) is 32.5 Å². The lowest BCUT2D eigenvalue weighted by molar-refractivity contribution is 0.111. The van der Waals surface area contributed by atoms with Gasteiger partial charge in [0.05, 0.1) is 5.69 Å². The van der Waals surface area contributed by atoms with Crippen LogP contribution in [0.1, 0.15) is 61.2 Å². The topological polar surface area (TPSA) is 34.1 Å². The maximum absolute atomic E-state index is 5.72. The van der Waals surface area contributed by atoms with Gasteiger partial charge in [0.25, 0.3) is 0 Å². The molecule has 18 heavy (non-hydrogen) atoms. The first-order chi connectivity index (χ1) is 8.85. The number of rotatable bonds is 7. The van der Waals surface area contributed by atoms with E-state index in [1.54, 1.807) is 0 Å². The van der Waals surface area contributed by atoms with Gasteiger partial charge in [0.2, 0.25) is 0 Å². The molecule has 0 radical (unpaired) electrons. The van der Waals surface area contributed by atoms with Crippen molar-refractivity contribution in [2.75, 3.05) is 13.2 Å². The van der Waals surface area contributed by atoms with Gasteiger partial charge in [-0.25, -0.2) is 4.98 Å². The molecule has 1 N–H and O–H groups in total. The van der Waals surface area contributed by atoms with Crippen molar-refractivity contribution in [3.05, 3.63) is 15.6 Å². The summed E-state index contributed by atoms with van der Waals surface area (Å²) < 4.78 is 5.72. The van der Waals surface area contributed by atoms with Crippen molar-refractivity contribution in [1.82, 2.24) is 10.3 Å². The highest BCUT2D eigenvalue weighted by atomic mass is 32.1. The molecule has 0 amide bonds. The predicted octanol–water partition coefficient (Wildman–Crippen LogP) is 3.45. The van der Waals surface area contributed by atoms with Gasteiger partial charge in [0, 0.05) is 18.0 Å². The normalized spacial score (nSPS) is 19.6. The zero-order chi connectivity index (χ0) is 12.8. The third-order valence-corrected chi connectivity index (χ3v) is 4.52. The van der Waals surface area contributed by atoms with Gasteiger partial charge in [0.15, 0.2) is 0 Å². The maximum atomic E-state index is 5.72. The van der Waals surface area contributed by atoms with Crippen molar-refractivity contribution in [1.29, 1.82) is 0 Å². The summed E-state index contributed by atoms with van der Waals surface area (Å²) in [5, 5.41) is 4.70. The first-order valence-electron chi connectivity index (χ1n) is 7.16. The quantitative estimate of drug-likeness (QED) is 0.769. The Kier molecular flexibility index (Phi) is 5.60. The van der Waals surface area contributed by atoms with E-state index in [4.69, 9.17) is 9.72 Å². The summed E-state index contributed by atoms with van der Waals surface area (Å²) in [5.41, 5.74) is 1.26. The van der Waals surface area contributed by atoms with Crippen molar-refractivity contribution in [3.63, 3.8) is 0 Å². The molecule has 4 heteroatoms. The molecule has 0 spiro atoms. The molecule has 2 rings (SSSR count). The second-order valence-electron chi connectivity index (χ2n) is 4.81. The van der Waals surface area contributed by atoms with E-state index in [9.17, 15) is 0 Å². The van der Waals surface area contributed by atoms with E-state index in [2.05, 4.69) is 19.2 Å². The molecular weight excluding hydrogens is 244 g/mol. The van der Waals surface area contributed by atoms with Gasteiger partial charge in [-0.1, -0.05) is 20.3 Å². The molecule has 1 aliphatic heterocycles. The molecule has 1 atom stereocenters. The van der Waals surface area contributed by atoms with Crippen LogP contribution >= 0.6 is 11.3 Å². The van der Waals surface area contributed by atoms with Crippen molar-refractivity contribution in [2.24, 2.45) is 0 Å². The molecular formula is C14H24N2OS. The Balaban J connectivity index is 1.95. The smallest absolute Gasteiger partial charge is 0.122 e. The first kappa shape index (κ1) is 14.0. The zero-order valence-electron chi connectivity index (χ0n) is 11.5. The molecule has 1 unspecified atom stereocenters. The molecule has 1 aromatic rings. The van der Waals surface area contributed by atoms with Crippen LogP contribution in [0.4, 0.5) is 0 Å². The van der Waals surface area contributed by atoms with Gasteiger partial charge in [0.1, 0.15) is 11.1 Å². The van der Waals surface area contributed by atoms with Crippen LogP contribution in [0.15, 0.2) is 0 Å². The van der Waals surface area contributed by atoms with Crippen LogP contribution in [0, 0.1) is 0 Å². The average molecular weight is 268 g/mol. The summed E-state index contributed by atoms with van der Waals surface area (Å²) in [7, 11) is 0. The number of hydrogen-bond acceptors (Lipinski definition) is 4. The Hall–Kier alpha value is -0.450. The third-order valence-electron chi connectivity index (χ3n) is 3.33. The number of aromatic nitrogens is 1. The second kappa shape index (κ2) is 7.22. The first-order valence-corrected chi connectivity index (χ1v) is 7.97. The molecule has 1 saturated heterocycles. The van der Waals surface area contributed by atoms with Gasteiger partial charge in [-0.3, -0.25) is 0 Å². The van der Waals surface area contributed by atoms with Gasteiger partial charge in [-0.05, 0) is 32.2 Å². The minimum absolute atomic E-state index is 0.268. The zero-order valence-corrected chi connectivity index (χ0v) is 12.3. The van der Waals surface area contributed by atoms with Crippen LogP contribution in [-0.4, -0.2) is 18.1 Å². The van der Waals surface area contributed by atoms with Crippen LogP contribution < -0.4 is 5.32 Å². The average Bonchev–Trinajstić information content (AvgIpc) is 3.03. The Bertz CT molecular complexity index is 359. The fourth-order valence-electron chi connectivity index (χ4n) is 2.23. The fourth-order valence-corrected chi connectivity index (χ4v) is 3.44. The van der Waals surface area contributed by atoms with Crippen molar-refractivity contribution < 1.29 is 4.74 Å². The Morgan fingerprint density at radius 1 is 1.44 bits per heavy atom. The Morgan fingerprint density at radius 3 is 3.00 bits per heavy atom. The van der Waals surface area contributed by atoms with E-state index in [1.165, 1.54) is 34.8 Å². The van der Waals surface area contributed by atoms with Crippen LogP contribution in [-0.2, 0) is 17.7 Å². The molecule has 1 aliphatic rings. The molecule has 0 saturated carbocycles. The lowest BCUT2D eigenvalue weighted by Crippen LogP contribution is -2.14. The van der Waals surface area contributed by atoms with Crippen LogP contribution in [0.25, 0.3) is 0 Å². The lowest BCUT2D eigenvalue weighted by Gasteiger charge is -2.03. The van der Waals surface area contributed by atoms with Crippen LogP contribution in [0.5, 0.6) is 0 Å². The molecule has 1 aromatic heterocycles. The highest BCUT2D eigenvalue weighted by molar-refractivity contribution is 7.11. The van der Waals surface area contributed by atoms with Gasteiger partial charge in [-0.15, -0.1) is 11.3 Å². The highest BCUT2D eigenvalue weighted by Gasteiger charge is 2.22. The number of aryl methyl sites for hydroxylation is 1. The van der Waals surface area contributed by atoms with E-state index >= 15 is 0 Å². The Labute approximate surface area is 114 Å². The maximum Gasteiger partial charge on any atom is 0.122 e. The summed E-state index contributed by atoms with van der Waals surface area (Å²) in [5.74, 6) is 0. The minimum atomic E-state index is 0.268. The number of nitrogens with zero attached hydrogens (tertiary/aromatic N) is 1. The SMILES string of the molecule is CCCCNCc1sc(C2CCCO2)nc1CC. The standard InChI is InChI=1S/C14H24N2OS/c1-3-5-8-15-10-13-11(4-2)16-14(18-13)12-7-6-9-17-12/h12,15H,3-10H2,1-2H3. The second-order valence-corrected chi connectivity index (χ2v) is 5.92. The minimum Gasteiger partial charge on any atom is -0.371 e. The number of ether oxygens (including phenoxy) is 1. The van der Waals surface area contributed by atoms with Crippen molar-refractivity contribution in [3.8, 4) is 0 Å². The summed E-state index contributed by atoms with van der Waals surface area (Å²) >= 11 is 1.84. The number of thiazole rings is 1. The molecule has 3 nitrogen and oxygen atoms in total. The Morgan fingerprint density at radius 2 is 2.33 bits per heavy atom. The van der Waals surface area contributed by atoms with E-state index < -0.39 is 0 Å². The number of nitrogens with one attached hydrogen (secondary N) is 1. The van der Waals surface area contributed by atoms with E-state index in [1.807, 2.05) is 11.3 Å². The van der Waals surface area contributed by atoms with Gasteiger partial charge >= 0.3 is 0 Å². The molecule has 0 bridgehead atoms. The number of unbranched alkanes of at least 4 members (excludes halogenated alkanes) is 1. The summed E-state index contributed by atoms with van der Waals surface area (Å²) in [6.45, 7) is 7.38. The largest absolute Gasteiger partial charge is 0.371 e. The summed E-state index contributed by atoms with van der Waals surface area (Å²) in [4.78, 5) is 6.17. The van der Waals surface area contributed by atoms with Gasteiger partial charge in [-0.2, -0.15) is 0 Å². The summed E-state index contributed by atoms with van der Waals surface area (Å²) in [6, 6.07) is 0. The third kappa shape index (κ3) is 3.53. The molecule has 0 aromatic carbocycles. The van der Waals surface area contributed by atoms with Crippen LogP contribution in [0.3, 0.4) is 0 Å². The fraction of sp³-hybridized carbons (Fsp3) is 0.786. The van der Waals surface area contributed by atoms with Gasteiger partial charge < -0.3 is 10.1 Å².